The Labute approximate surface area is 146 Å². The Balaban J connectivity index is 2.78. The summed E-state index contributed by atoms with van der Waals surface area (Å²) in [7, 11) is 3.65. The van der Waals surface area contributed by atoms with E-state index in [1.165, 1.54) is 0 Å². The highest BCUT2D eigenvalue weighted by Crippen LogP contribution is 2.16. The van der Waals surface area contributed by atoms with Gasteiger partial charge in [0.1, 0.15) is 0 Å². The second-order valence-electron chi connectivity index (χ2n) is 8.27. The SMILES string of the molecule is CC(C)CN(C)C(=O)c1cccc(CC(=O)N(C)CC(C)(C)C)c1. The van der Waals surface area contributed by atoms with E-state index in [9.17, 15) is 9.59 Å². The van der Waals surface area contributed by atoms with Crippen LogP contribution in [0, 0.1) is 11.3 Å². The van der Waals surface area contributed by atoms with Gasteiger partial charge in [0.15, 0.2) is 0 Å². The van der Waals surface area contributed by atoms with Gasteiger partial charge < -0.3 is 9.80 Å². The van der Waals surface area contributed by atoms with Gasteiger partial charge in [-0.15, -0.1) is 0 Å². The largest absolute Gasteiger partial charge is 0.345 e. The number of amides is 2. The summed E-state index contributed by atoms with van der Waals surface area (Å²) in [5, 5.41) is 0. The highest BCUT2D eigenvalue weighted by molar-refractivity contribution is 5.94. The molecule has 1 aromatic carbocycles. The first kappa shape index (κ1) is 20.2. The third kappa shape index (κ3) is 6.73. The molecule has 2 amide bonds. The molecular formula is C20H32N2O2. The van der Waals surface area contributed by atoms with Crippen molar-refractivity contribution in [2.24, 2.45) is 11.3 Å². The number of carbonyl (C=O) groups excluding carboxylic acids is 2. The number of rotatable bonds is 6. The smallest absolute Gasteiger partial charge is 0.253 e. The number of hydrogen-bond donors (Lipinski definition) is 0. The summed E-state index contributed by atoms with van der Waals surface area (Å²) in [6.45, 7) is 11.9. The van der Waals surface area contributed by atoms with Crippen LogP contribution >= 0.6 is 0 Å². The van der Waals surface area contributed by atoms with Crippen LogP contribution in [0.3, 0.4) is 0 Å². The van der Waals surface area contributed by atoms with Crippen LogP contribution in [0.2, 0.25) is 0 Å². The van der Waals surface area contributed by atoms with Crippen LogP contribution in [0.1, 0.15) is 50.5 Å². The second-order valence-corrected chi connectivity index (χ2v) is 8.27. The van der Waals surface area contributed by atoms with Crippen molar-refractivity contribution in [1.29, 1.82) is 0 Å². The van der Waals surface area contributed by atoms with Gasteiger partial charge in [0.25, 0.3) is 5.91 Å². The van der Waals surface area contributed by atoms with E-state index in [0.717, 1.165) is 12.1 Å². The van der Waals surface area contributed by atoms with Crippen molar-refractivity contribution in [1.82, 2.24) is 9.80 Å². The Morgan fingerprint density at radius 3 is 2.25 bits per heavy atom. The molecule has 1 rings (SSSR count). The molecule has 1 aromatic rings. The van der Waals surface area contributed by atoms with Gasteiger partial charge in [-0.25, -0.2) is 0 Å². The molecule has 0 heterocycles. The van der Waals surface area contributed by atoms with Crippen LogP contribution in [0.4, 0.5) is 0 Å². The van der Waals surface area contributed by atoms with Gasteiger partial charge in [-0.2, -0.15) is 0 Å². The third-order valence-corrected chi connectivity index (χ3v) is 3.65. The molecule has 0 N–H and O–H groups in total. The van der Waals surface area contributed by atoms with Gasteiger partial charge in [0.2, 0.25) is 5.91 Å². The topological polar surface area (TPSA) is 40.6 Å². The van der Waals surface area contributed by atoms with E-state index < -0.39 is 0 Å². The second kappa shape index (κ2) is 8.32. The summed E-state index contributed by atoms with van der Waals surface area (Å²) in [5.74, 6) is 0.501. The van der Waals surface area contributed by atoms with E-state index in [0.29, 0.717) is 24.4 Å². The number of benzene rings is 1. The highest BCUT2D eigenvalue weighted by Gasteiger charge is 2.19. The number of likely N-dealkylation sites (N-methyl/N-ethyl adjacent to an activating group) is 1. The number of hydrogen-bond acceptors (Lipinski definition) is 2. The molecule has 134 valence electrons. The predicted octanol–water partition coefficient (Wildman–Crippen LogP) is 3.46. The number of nitrogens with zero attached hydrogens (tertiary/aromatic N) is 2. The average Bonchev–Trinajstić information content (AvgIpc) is 2.44. The fourth-order valence-electron chi connectivity index (χ4n) is 2.77. The summed E-state index contributed by atoms with van der Waals surface area (Å²) in [5.41, 5.74) is 1.59. The van der Waals surface area contributed by atoms with Gasteiger partial charge in [-0.3, -0.25) is 9.59 Å². The Kier molecular flexibility index (Phi) is 7.00. The lowest BCUT2D eigenvalue weighted by Crippen LogP contribution is -2.35. The van der Waals surface area contributed by atoms with Crippen LogP contribution in [0.25, 0.3) is 0 Å². The molecule has 0 unspecified atom stereocenters. The molecule has 0 aromatic heterocycles. The molecule has 0 saturated heterocycles. The van der Waals surface area contributed by atoms with Gasteiger partial charge in [-0.05, 0) is 29.0 Å². The molecule has 0 atom stereocenters. The lowest BCUT2D eigenvalue weighted by Gasteiger charge is -2.26. The van der Waals surface area contributed by atoms with Gasteiger partial charge >= 0.3 is 0 Å². The average molecular weight is 332 g/mol. The molecule has 0 radical (unpaired) electrons. The van der Waals surface area contributed by atoms with Crippen molar-refractivity contribution >= 4 is 11.8 Å². The van der Waals surface area contributed by atoms with Gasteiger partial charge in [0.05, 0.1) is 6.42 Å². The predicted molar refractivity (Wildman–Crippen MR) is 99.0 cm³/mol. The van der Waals surface area contributed by atoms with Crippen molar-refractivity contribution < 1.29 is 9.59 Å². The molecule has 0 fully saturated rings. The van der Waals surface area contributed by atoms with E-state index in [1.807, 2.05) is 38.4 Å². The van der Waals surface area contributed by atoms with Crippen molar-refractivity contribution in [3.63, 3.8) is 0 Å². The van der Waals surface area contributed by atoms with Crippen molar-refractivity contribution in [2.45, 2.75) is 41.0 Å². The molecule has 0 saturated carbocycles. The van der Waals surface area contributed by atoms with Crippen molar-refractivity contribution in [3.05, 3.63) is 35.4 Å². The summed E-state index contributed by atoms with van der Waals surface area (Å²) < 4.78 is 0. The quantitative estimate of drug-likeness (QED) is 0.800. The first-order valence-corrected chi connectivity index (χ1v) is 8.58. The minimum Gasteiger partial charge on any atom is -0.345 e. The van der Waals surface area contributed by atoms with Crippen molar-refractivity contribution in [3.8, 4) is 0 Å². The molecule has 0 spiro atoms. The molecule has 0 bridgehead atoms. The Bertz CT molecular complexity index is 573. The normalized spacial score (nSPS) is 11.5. The molecule has 4 nitrogen and oxygen atoms in total. The maximum absolute atomic E-state index is 12.5. The van der Waals surface area contributed by atoms with Gasteiger partial charge in [0, 0.05) is 32.7 Å². The summed E-state index contributed by atoms with van der Waals surface area (Å²) in [6.07, 6.45) is 0.321. The Morgan fingerprint density at radius 1 is 1.08 bits per heavy atom. The summed E-state index contributed by atoms with van der Waals surface area (Å²) >= 11 is 0. The first-order valence-electron chi connectivity index (χ1n) is 8.58. The molecular weight excluding hydrogens is 300 g/mol. The van der Waals surface area contributed by atoms with Crippen LogP contribution < -0.4 is 0 Å². The van der Waals surface area contributed by atoms with E-state index in [-0.39, 0.29) is 17.2 Å². The Morgan fingerprint density at radius 2 is 1.71 bits per heavy atom. The summed E-state index contributed by atoms with van der Waals surface area (Å²) in [4.78, 5) is 28.3. The van der Waals surface area contributed by atoms with Crippen LogP contribution in [-0.2, 0) is 11.2 Å². The lowest BCUT2D eigenvalue weighted by molar-refractivity contribution is -0.130. The minimum absolute atomic E-state index is 0.000968. The fraction of sp³-hybridized carbons (Fsp3) is 0.600. The molecule has 0 aliphatic heterocycles. The van der Waals surface area contributed by atoms with Crippen LogP contribution in [0.5, 0.6) is 0 Å². The fourth-order valence-corrected chi connectivity index (χ4v) is 2.77. The van der Waals surface area contributed by atoms with Crippen LogP contribution in [-0.4, -0.2) is 48.8 Å². The highest BCUT2D eigenvalue weighted by atomic mass is 16.2. The maximum atomic E-state index is 12.5. The van der Waals surface area contributed by atoms with E-state index in [4.69, 9.17) is 0 Å². The van der Waals surface area contributed by atoms with E-state index >= 15 is 0 Å². The zero-order valence-electron chi connectivity index (χ0n) is 16.2. The minimum atomic E-state index is 0.000968. The molecule has 0 aliphatic rings. The Hall–Kier alpha value is -1.84. The van der Waals surface area contributed by atoms with Crippen LogP contribution in [0.15, 0.2) is 24.3 Å². The zero-order valence-corrected chi connectivity index (χ0v) is 16.2. The zero-order chi connectivity index (χ0) is 18.5. The van der Waals surface area contributed by atoms with Gasteiger partial charge in [-0.1, -0.05) is 46.8 Å². The summed E-state index contributed by atoms with van der Waals surface area (Å²) in [6, 6.07) is 7.40. The lowest BCUT2D eigenvalue weighted by atomic mass is 9.96. The van der Waals surface area contributed by atoms with Crippen molar-refractivity contribution in [2.75, 3.05) is 27.2 Å². The van der Waals surface area contributed by atoms with E-state index in [1.54, 1.807) is 9.80 Å². The molecule has 4 heteroatoms. The molecule has 24 heavy (non-hydrogen) atoms. The maximum Gasteiger partial charge on any atom is 0.253 e. The standard InChI is InChI=1S/C20H32N2O2/c1-15(2)13-21(6)19(24)17-10-8-9-16(11-17)12-18(23)22(7)14-20(3,4)5/h8-11,15H,12-14H2,1-7H3. The van der Waals surface area contributed by atoms with E-state index in [2.05, 4.69) is 34.6 Å². The first-order chi connectivity index (χ1) is 11.0. The number of carbonyl (C=O) groups is 2. The third-order valence-electron chi connectivity index (χ3n) is 3.65. The monoisotopic (exact) mass is 332 g/mol. The molecule has 0 aliphatic carbocycles.